The Morgan fingerprint density at radius 1 is 1.28 bits per heavy atom. The molecule has 0 aliphatic heterocycles. The van der Waals surface area contributed by atoms with E-state index in [-0.39, 0.29) is 18.1 Å². The zero-order valence-electron chi connectivity index (χ0n) is 16.9. The van der Waals surface area contributed by atoms with Crippen LogP contribution in [-0.2, 0) is 11.2 Å². The van der Waals surface area contributed by atoms with Crippen molar-refractivity contribution in [2.45, 2.75) is 50.2 Å². The lowest BCUT2D eigenvalue weighted by Gasteiger charge is -2.12. The quantitative estimate of drug-likeness (QED) is 0.444. The zero-order valence-corrected chi connectivity index (χ0v) is 17.7. The Labute approximate surface area is 174 Å². The molecule has 3 rings (SSSR count). The summed E-state index contributed by atoms with van der Waals surface area (Å²) < 4.78 is 19.4. The highest BCUT2D eigenvalue weighted by Crippen LogP contribution is 2.28. The van der Waals surface area contributed by atoms with Crippen molar-refractivity contribution in [1.82, 2.24) is 4.98 Å². The Morgan fingerprint density at radius 2 is 2.07 bits per heavy atom. The number of halogens is 1. The second kappa shape index (κ2) is 9.74. The van der Waals surface area contributed by atoms with Gasteiger partial charge in [-0.3, -0.25) is 4.79 Å². The van der Waals surface area contributed by atoms with E-state index < -0.39 is 0 Å². The van der Waals surface area contributed by atoms with Gasteiger partial charge in [-0.25, -0.2) is 9.37 Å². The molecule has 1 atom stereocenters. The summed E-state index contributed by atoms with van der Waals surface area (Å²) >= 11 is 1.83. The molecule has 2 aromatic carbocycles. The van der Waals surface area contributed by atoms with E-state index in [1.165, 1.54) is 17.2 Å². The van der Waals surface area contributed by atoms with Gasteiger partial charge in [0.2, 0.25) is 5.91 Å². The normalized spacial score (nSPS) is 12.0. The molecule has 0 fully saturated rings. The molecule has 0 aliphatic carbocycles. The summed E-state index contributed by atoms with van der Waals surface area (Å²) in [4.78, 5) is 17.7. The molecular weight excluding hydrogens is 387 g/mol. The number of nitrogens with one attached hydrogen (secondary N) is 1. The summed E-state index contributed by atoms with van der Waals surface area (Å²) in [5.41, 5.74) is 2.20. The van der Waals surface area contributed by atoms with Crippen molar-refractivity contribution in [3.8, 4) is 11.3 Å². The predicted molar refractivity (Wildman–Crippen MR) is 116 cm³/mol. The van der Waals surface area contributed by atoms with Gasteiger partial charge in [-0.05, 0) is 49.2 Å². The lowest BCUT2D eigenvalue weighted by atomic mass is 10.2. The number of aromatic nitrogens is 1. The van der Waals surface area contributed by atoms with E-state index in [0.29, 0.717) is 28.9 Å². The minimum Gasteiger partial charge on any atom is -0.441 e. The van der Waals surface area contributed by atoms with Crippen molar-refractivity contribution in [1.29, 1.82) is 0 Å². The van der Waals surface area contributed by atoms with Crippen LogP contribution >= 0.6 is 11.8 Å². The SMILES string of the molecule is CCC(C)Sc1ccc(NC(=O)CCc2ncc(-c3ccccc3F)o2)c(C)c1. The summed E-state index contributed by atoms with van der Waals surface area (Å²) in [6, 6.07) is 12.5. The third-order valence-corrected chi connectivity index (χ3v) is 5.90. The maximum Gasteiger partial charge on any atom is 0.224 e. The number of nitrogens with zero attached hydrogens (tertiary/aromatic N) is 1. The number of hydrogen-bond donors (Lipinski definition) is 1. The van der Waals surface area contributed by atoms with Gasteiger partial charge in [-0.1, -0.05) is 26.0 Å². The van der Waals surface area contributed by atoms with Gasteiger partial charge >= 0.3 is 0 Å². The third-order valence-electron chi connectivity index (χ3n) is 4.64. The molecule has 3 aromatic rings. The molecular formula is C23H25FN2O2S. The average molecular weight is 413 g/mol. The highest BCUT2D eigenvalue weighted by atomic mass is 32.2. The summed E-state index contributed by atoms with van der Waals surface area (Å²) in [6.45, 7) is 6.37. The maximum atomic E-state index is 13.8. The van der Waals surface area contributed by atoms with Gasteiger partial charge in [0.1, 0.15) is 5.82 Å². The second-order valence-electron chi connectivity index (χ2n) is 6.96. The van der Waals surface area contributed by atoms with Crippen LogP contribution in [0.3, 0.4) is 0 Å². The lowest BCUT2D eigenvalue weighted by Crippen LogP contribution is -2.13. The van der Waals surface area contributed by atoms with E-state index in [1.54, 1.807) is 18.2 Å². The number of hydrogen-bond acceptors (Lipinski definition) is 4. The molecule has 0 bridgehead atoms. The molecule has 1 heterocycles. The number of carbonyl (C=O) groups is 1. The number of aryl methyl sites for hydroxylation is 2. The van der Waals surface area contributed by atoms with Crippen LogP contribution in [0.5, 0.6) is 0 Å². The Kier molecular flexibility index (Phi) is 7.09. The standard InChI is InChI=1S/C23H25FN2O2S/c1-4-16(3)29-17-9-10-20(15(2)13-17)26-22(27)11-12-23-25-14-21(28-23)18-7-5-6-8-19(18)24/h5-10,13-14,16H,4,11-12H2,1-3H3,(H,26,27). The van der Waals surface area contributed by atoms with E-state index in [0.717, 1.165) is 17.7 Å². The highest BCUT2D eigenvalue weighted by Gasteiger charge is 2.13. The Balaban J connectivity index is 1.56. The van der Waals surface area contributed by atoms with E-state index in [2.05, 4.69) is 30.2 Å². The number of oxazole rings is 1. The molecule has 4 nitrogen and oxygen atoms in total. The topological polar surface area (TPSA) is 55.1 Å². The molecule has 152 valence electrons. The van der Waals surface area contributed by atoms with Crippen molar-refractivity contribution < 1.29 is 13.6 Å². The van der Waals surface area contributed by atoms with Crippen molar-refractivity contribution in [2.24, 2.45) is 0 Å². The van der Waals surface area contributed by atoms with Gasteiger partial charge in [0, 0.05) is 28.7 Å². The van der Waals surface area contributed by atoms with Crippen LogP contribution in [0.4, 0.5) is 10.1 Å². The number of thioether (sulfide) groups is 1. The van der Waals surface area contributed by atoms with Gasteiger partial charge in [-0.2, -0.15) is 0 Å². The molecule has 1 unspecified atom stereocenters. The summed E-state index contributed by atoms with van der Waals surface area (Å²) in [5, 5.41) is 3.51. The second-order valence-corrected chi connectivity index (χ2v) is 8.47. The first-order chi connectivity index (χ1) is 14.0. The van der Waals surface area contributed by atoms with Crippen LogP contribution in [0, 0.1) is 12.7 Å². The molecule has 1 aromatic heterocycles. The molecule has 0 saturated carbocycles. The number of carbonyl (C=O) groups excluding carboxylic acids is 1. The van der Waals surface area contributed by atoms with Crippen LogP contribution in [0.15, 0.2) is 58.0 Å². The molecule has 1 N–H and O–H groups in total. The number of amides is 1. The smallest absolute Gasteiger partial charge is 0.224 e. The Hall–Kier alpha value is -2.60. The fourth-order valence-corrected chi connectivity index (χ4v) is 3.83. The van der Waals surface area contributed by atoms with Crippen LogP contribution in [-0.4, -0.2) is 16.1 Å². The molecule has 6 heteroatoms. The fraction of sp³-hybridized carbons (Fsp3) is 0.304. The molecule has 1 amide bonds. The van der Waals surface area contributed by atoms with E-state index >= 15 is 0 Å². The third kappa shape index (κ3) is 5.70. The van der Waals surface area contributed by atoms with E-state index in [1.807, 2.05) is 30.8 Å². The largest absolute Gasteiger partial charge is 0.441 e. The molecule has 29 heavy (non-hydrogen) atoms. The van der Waals surface area contributed by atoms with Crippen LogP contribution in [0.25, 0.3) is 11.3 Å². The maximum absolute atomic E-state index is 13.8. The van der Waals surface area contributed by atoms with Crippen molar-refractivity contribution in [3.05, 3.63) is 65.9 Å². The minimum atomic E-state index is -0.363. The lowest BCUT2D eigenvalue weighted by molar-refractivity contribution is -0.116. The van der Waals surface area contributed by atoms with Crippen LogP contribution in [0.1, 0.15) is 38.1 Å². The fourth-order valence-electron chi connectivity index (χ4n) is 2.81. The Bertz CT molecular complexity index is 987. The number of benzene rings is 2. The highest BCUT2D eigenvalue weighted by molar-refractivity contribution is 7.99. The monoisotopic (exact) mass is 412 g/mol. The Morgan fingerprint density at radius 3 is 2.79 bits per heavy atom. The van der Waals surface area contributed by atoms with Crippen LogP contribution in [0.2, 0.25) is 0 Å². The molecule has 0 spiro atoms. The van der Waals surface area contributed by atoms with E-state index in [9.17, 15) is 9.18 Å². The minimum absolute atomic E-state index is 0.110. The summed E-state index contributed by atoms with van der Waals surface area (Å²) in [5.74, 6) is 0.304. The first kappa shape index (κ1) is 21.1. The molecule has 0 saturated heterocycles. The zero-order chi connectivity index (χ0) is 20.8. The summed E-state index contributed by atoms with van der Waals surface area (Å²) in [7, 11) is 0. The van der Waals surface area contributed by atoms with Crippen molar-refractivity contribution >= 4 is 23.4 Å². The van der Waals surface area contributed by atoms with Crippen molar-refractivity contribution in [3.63, 3.8) is 0 Å². The first-order valence-corrected chi connectivity index (χ1v) is 10.6. The van der Waals surface area contributed by atoms with E-state index in [4.69, 9.17) is 4.42 Å². The van der Waals surface area contributed by atoms with Gasteiger partial charge in [-0.15, -0.1) is 11.8 Å². The van der Waals surface area contributed by atoms with Gasteiger partial charge < -0.3 is 9.73 Å². The first-order valence-electron chi connectivity index (χ1n) is 9.73. The van der Waals surface area contributed by atoms with Gasteiger partial charge in [0.15, 0.2) is 11.7 Å². The van der Waals surface area contributed by atoms with Gasteiger partial charge in [0.05, 0.1) is 11.8 Å². The number of rotatable bonds is 8. The number of anilines is 1. The van der Waals surface area contributed by atoms with Gasteiger partial charge in [0.25, 0.3) is 0 Å². The average Bonchev–Trinajstić information content (AvgIpc) is 3.17. The molecule has 0 aliphatic rings. The van der Waals surface area contributed by atoms with Crippen LogP contribution < -0.4 is 5.32 Å². The predicted octanol–water partition coefficient (Wildman–Crippen LogP) is 6.25. The summed E-state index contributed by atoms with van der Waals surface area (Å²) in [6.07, 6.45) is 3.19. The van der Waals surface area contributed by atoms with Crippen molar-refractivity contribution in [2.75, 3.05) is 5.32 Å². The molecule has 0 radical (unpaired) electrons.